The van der Waals surface area contributed by atoms with Crippen molar-refractivity contribution in [2.75, 3.05) is 20.8 Å². The summed E-state index contributed by atoms with van der Waals surface area (Å²) in [5, 5.41) is 0. The molecule has 6 heteroatoms. The van der Waals surface area contributed by atoms with Crippen molar-refractivity contribution in [3.63, 3.8) is 0 Å². The number of likely N-dealkylation sites (tertiary alicyclic amines) is 1. The van der Waals surface area contributed by atoms with Crippen LogP contribution in [-0.2, 0) is 14.3 Å². The zero-order valence-electron chi connectivity index (χ0n) is 12.7. The van der Waals surface area contributed by atoms with E-state index in [9.17, 15) is 9.59 Å². The fourth-order valence-corrected chi connectivity index (χ4v) is 2.49. The van der Waals surface area contributed by atoms with Gasteiger partial charge in [0, 0.05) is 12.5 Å². The predicted molar refractivity (Wildman–Crippen MR) is 78.4 cm³/mol. The van der Waals surface area contributed by atoms with Crippen LogP contribution in [0, 0.1) is 12.3 Å². The highest BCUT2D eigenvalue weighted by Gasteiger charge is 2.51. The molecule has 1 fully saturated rings. The van der Waals surface area contributed by atoms with Gasteiger partial charge in [0.15, 0.2) is 0 Å². The third kappa shape index (κ3) is 2.70. The first-order chi connectivity index (χ1) is 10.5. The van der Waals surface area contributed by atoms with E-state index in [0.29, 0.717) is 17.1 Å². The summed E-state index contributed by atoms with van der Waals surface area (Å²) in [6.45, 7) is 1.39. The molecule has 0 aliphatic carbocycles. The maximum atomic E-state index is 12.1. The Labute approximate surface area is 128 Å². The standard InChI is InChI=1S/C16H17NO5/c1-5-8-17-14(15(16(17)19)22-10(2)18)12-9-11(20-3)6-7-13(12)21-4/h1,6-7,9,14-15H,8H2,2-4H3/t14-,15+/m1/s1. The van der Waals surface area contributed by atoms with Crippen molar-refractivity contribution in [2.24, 2.45) is 0 Å². The molecular weight excluding hydrogens is 286 g/mol. The molecule has 1 heterocycles. The number of benzene rings is 1. The average Bonchev–Trinajstić information content (AvgIpc) is 2.52. The Morgan fingerprint density at radius 1 is 1.36 bits per heavy atom. The van der Waals surface area contributed by atoms with E-state index in [0.717, 1.165) is 0 Å². The minimum absolute atomic E-state index is 0.127. The predicted octanol–water partition coefficient (Wildman–Crippen LogP) is 1.15. The van der Waals surface area contributed by atoms with Crippen LogP contribution in [0.3, 0.4) is 0 Å². The lowest BCUT2D eigenvalue weighted by Crippen LogP contribution is -2.60. The Morgan fingerprint density at radius 2 is 2.09 bits per heavy atom. The molecule has 0 spiro atoms. The molecule has 0 saturated carbocycles. The molecule has 0 N–H and O–H groups in total. The van der Waals surface area contributed by atoms with Gasteiger partial charge in [0.2, 0.25) is 6.10 Å². The van der Waals surface area contributed by atoms with Gasteiger partial charge in [-0.3, -0.25) is 9.59 Å². The van der Waals surface area contributed by atoms with Gasteiger partial charge < -0.3 is 19.1 Å². The van der Waals surface area contributed by atoms with E-state index in [-0.39, 0.29) is 12.5 Å². The van der Waals surface area contributed by atoms with Crippen LogP contribution in [0.2, 0.25) is 0 Å². The lowest BCUT2D eigenvalue weighted by atomic mass is 9.89. The number of terminal acetylenes is 1. The number of β-lactam (4-membered cyclic amide) rings is 1. The molecule has 0 radical (unpaired) electrons. The fraction of sp³-hybridized carbons (Fsp3) is 0.375. The van der Waals surface area contributed by atoms with Gasteiger partial charge in [-0.1, -0.05) is 5.92 Å². The molecular formula is C16H17NO5. The van der Waals surface area contributed by atoms with Gasteiger partial charge in [0.1, 0.15) is 17.5 Å². The van der Waals surface area contributed by atoms with Crippen LogP contribution in [-0.4, -0.2) is 43.6 Å². The number of esters is 1. The van der Waals surface area contributed by atoms with Gasteiger partial charge in [0.25, 0.3) is 5.91 Å². The van der Waals surface area contributed by atoms with Crippen LogP contribution in [0.4, 0.5) is 0 Å². The summed E-state index contributed by atoms with van der Waals surface area (Å²) in [7, 11) is 3.07. The molecule has 0 unspecified atom stereocenters. The second-order valence-corrected chi connectivity index (χ2v) is 4.75. The van der Waals surface area contributed by atoms with Crippen molar-refractivity contribution >= 4 is 11.9 Å². The summed E-state index contributed by atoms with van der Waals surface area (Å²) < 4.78 is 15.7. The number of ether oxygens (including phenoxy) is 3. The van der Waals surface area contributed by atoms with Gasteiger partial charge in [-0.15, -0.1) is 6.42 Å². The molecule has 1 aliphatic rings. The van der Waals surface area contributed by atoms with E-state index >= 15 is 0 Å². The maximum Gasteiger partial charge on any atom is 0.303 e. The molecule has 1 saturated heterocycles. The van der Waals surface area contributed by atoms with E-state index in [4.69, 9.17) is 20.6 Å². The summed E-state index contributed by atoms with van der Waals surface area (Å²) >= 11 is 0. The van der Waals surface area contributed by atoms with E-state index in [1.807, 2.05) is 0 Å². The van der Waals surface area contributed by atoms with Crippen LogP contribution in [0.1, 0.15) is 18.5 Å². The van der Waals surface area contributed by atoms with Gasteiger partial charge in [-0.05, 0) is 18.2 Å². The number of hydrogen-bond donors (Lipinski definition) is 0. The SMILES string of the molecule is C#CCN1C(=O)[C@@H](OC(C)=O)[C@H]1c1cc(OC)ccc1OC. The molecule has 1 aromatic rings. The van der Waals surface area contributed by atoms with Crippen molar-refractivity contribution in [2.45, 2.75) is 19.1 Å². The van der Waals surface area contributed by atoms with Gasteiger partial charge in [-0.25, -0.2) is 0 Å². The van der Waals surface area contributed by atoms with Gasteiger partial charge in [0.05, 0.1) is 20.8 Å². The normalized spacial score (nSPS) is 19.9. The largest absolute Gasteiger partial charge is 0.497 e. The lowest BCUT2D eigenvalue weighted by Gasteiger charge is -2.45. The summed E-state index contributed by atoms with van der Waals surface area (Å²) in [5.74, 6) is 2.77. The fourth-order valence-electron chi connectivity index (χ4n) is 2.49. The minimum atomic E-state index is -0.896. The van der Waals surface area contributed by atoms with Crippen molar-refractivity contribution < 1.29 is 23.8 Å². The van der Waals surface area contributed by atoms with Crippen molar-refractivity contribution in [3.8, 4) is 23.8 Å². The topological polar surface area (TPSA) is 65.1 Å². The lowest BCUT2D eigenvalue weighted by molar-refractivity contribution is -0.181. The second kappa shape index (κ2) is 6.39. The molecule has 2 atom stereocenters. The minimum Gasteiger partial charge on any atom is -0.497 e. The molecule has 22 heavy (non-hydrogen) atoms. The molecule has 0 aromatic heterocycles. The molecule has 2 rings (SSSR count). The molecule has 1 aromatic carbocycles. The molecule has 0 bridgehead atoms. The highest BCUT2D eigenvalue weighted by Crippen LogP contribution is 2.42. The zero-order valence-corrected chi connectivity index (χ0v) is 12.7. The molecule has 1 aliphatic heterocycles. The van der Waals surface area contributed by atoms with E-state index in [1.165, 1.54) is 18.9 Å². The van der Waals surface area contributed by atoms with Crippen LogP contribution < -0.4 is 9.47 Å². The van der Waals surface area contributed by atoms with Gasteiger partial charge >= 0.3 is 5.97 Å². The van der Waals surface area contributed by atoms with Crippen molar-refractivity contribution in [1.29, 1.82) is 0 Å². The quantitative estimate of drug-likeness (QED) is 0.464. The summed E-state index contributed by atoms with van der Waals surface area (Å²) in [6.07, 6.45) is 4.41. The monoisotopic (exact) mass is 303 g/mol. The number of rotatable bonds is 5. The molecule has 6 nitrogen and oxygen atoms in total. The van der Waals surface area contributed by atoms with E-state index in [1.54, 1.807) is 25.3 Å². The highest BCUT2D eigenvalue weighted by atomic mass is 16.6. The zero-order chi connectivity index (χ0) is 16.3. The van der Waals surface area contributed by atoms with Gasteiger partial charge in [-0.2, -0.15) is 0 Å². The van der Waals surface area contributed by atoms with E-state index < -0.39 is 18.1 Å². The van der Waals surface area contributed by atoms with Crippen LogP contribution in [0.25, 0.3) is 0 Å². The first kappa shape index (κ1) is 15.7. The first-order valence-electron chi connectivity index (χ1n) is 6.66. The number of amides is 1. The maximum absolute atomic E-state index is 12.1. The number of methoxy groups -OCH3 is 2. The van der Waals surface area contributed by atoms with Crippen molar-refractivity contribution in [1.82, 2.24) is 4.90 Å². The number of hydrogen-bond acceptors (Lipinski definition) is 5. The number of carbonyl (C=O) groups excluding carboxylic acids is 2. The Kier molecular flexibility index (Phi) is 4.56. The average molecular weight is 303 g/mol. The Hall–Kier alpha value is -2.68. The third-order valence-corrected chi connectivity index (χ3v) is 3.46. The Balaban J connectivity index is 2.43. The van der Waals surface area contributed by atoms with Crippen LogP contribution in [0.15, 0.2) is 18.2 Å². The summed E-state index contributed by atoms with van der Waals surface area (Å²) in [4.78, 5) is 24.8. The third-order valence-electron chi connectivity index (χ3n) is 3.46. The van der Waals surface area contributed by atoms with Crippen LogP contribution in [0.5, 0.6) is 11.5 Å². The van der Waals surface area contributed by atoms with Crippen LogP contribution >= 0.6 is 0 Å². The first-order valence-corrected chi connectivity index (χ1v) is 6.66. The Morgan fingerprint density at radius 3 is 2.64 bits per heavy atom. The van der Waals surface area contributed by atoms with Crippen molar-refractivity contribution in [3.05, 3.63) is 23.8 Å². The summed E-state index contributed by atoms with van der Waals surface area (Å²) in [6, 6.07) is 4.73. The second-order valence-electron chi connectivity index (χ2n) is 4.75. The number of nitrogens with zero attached hydrogens (tertiary/aromatic N) is 1. The van der Waals surface area contributed by atoms with E-state index in [2.05, 4.69) is 5.92 Å². The summed E-state index contributed by atoms with van der Waals surface area (Å²) in [5.41, 5.74) is 0.683. The molecule has 1 amide bonds. The highest BCUT2D eigenvalue weighted by molar-refractivity contribution is 5.91. The Bertz CT molecular complexity index is 634. The smallest absolute Gasteiger partial charge is 0.303 e. The number of carbonyl (C=O) groups is 2. The molecule has 116 valence electrons.